The summed E-state index contributed by atoms with van der Waals surface area (Å²) in [5.74, 6) is -0.170. The number of hydrogen-bond donors (Lipinski definition) is 1. The van der Waals surface area contributed by atoms with Crippen molar-refractivity contribution in [2.75, 3.05) is 5.32 Å². The minimum atomic E-state index is -0.170. The third kappa shape index (κ3) is 3.78. The lowest BCUT2D eigenvalue weighted by Gasteiger charge is -2.00. The number of aromatic nitrogens is 3. The van der Waals surface area contributed by atoms with Crippen molar-refractivity contribution in [1.82, 2.24) is 14.5 Å². The molecule has 0 radical (unpaired) electrons. The van der Waals surface area contributed by atoms with Crippen LogP contribution >= 0.6 is 22.7 Å². The van der Waals surface area contributed by atoms with Crippen molar-refractivity contribution < 1.29 is 4.39 Å². The van der Waals surface area contributed by atoms with Gasteiger partial charge >= 0.3 is 0 Å². The van der Waals surface area contributed by atoms with Gasteiger partial charge in [-0.05, 0) is 17.7 Å². The SMILES string of the molecule is Fc1ccccc1Cc1cnc(NCc2cc(-n3ccnc3)cs2)s1. The predicted molar refractivity (Wildman–Crippen MR) is 100 cm³/mol. The van der Waals surface area contributed by atoms with Gasteiger partial charge < -0.3 is 9.88 Å². The highest BCUT2D eigenvalue weighted by atomic mass is 32.1. The molecule has 0 saturated carbocycles. The molecule has 25 heavy (non-hydrogen) atoms. The van der Waals surface area contributed by atoms with Crippen LogP contribution in [0.5, 0.6) is 0 Å². The summed E-state index contributed by atoms with van der Waals surface area (Å²) < 4.78 is 15.7. The van der Waals surface area contributed by atoms with E-state index < -0.39 is 0 Å². The van der Waals surface area contributed by atoms with Gasteiger partial charge in [-0.25, -0.2) is 14.4 Å². The van der Waals surface area contributed by atoms with E-state index in [-0.39, 0.29) is 5.82 Å². The highest BCUT2D eigenvalue weighted by Crippen LogP contribution is 2.24. The summed E-state index contributed by atoms with van der Waals surface area (Å²) in [6, 6.07) is 8.99. The van der Waals surface area contributed by atoms with Crippen LogP contribution in [-0.4, -0.2) is 14.5 Å². The summed E-state index contributed by atoms with van der Waals surface area (Å²) in [5.41, 5.74) is 1.81. The Balaban J connectivity index is 1.38. The van der Waals surface area contributed by atoms with Gasteiger partial charge in [0.05, 0.1) is 18.6 Å². The number of benzene rings is 1. The molecule has 4 nitrogen and oxygen atoms in total. The standard InChI is InChI=1S/C18H15FN4S2/c19-17-4-2-1-3-13(17)7-16-10-22-18(25-16)21-9-15-8-14(11-24-15)23-6-5-20-12-23/h1-6,8,10-12H,7,9H2,(H,21,22). The predicted octanol–water partition coefficient (Wildman–Crippen LogP) is 4.73. The van der Waals surface area contributed by atoms with Crippen molar-refractivity contribution in [3.63, 3.8) is 0 Å². The van der Waals surface area contributed by atoms with E-state index in [9.17, 15) is 4.39 Å². The van der Waals surface area contributed by atoms with Gasteiger partial charge in [0.1, 0.15) is 5.82 Å². The van der Waals surface area contributed by atoms with Gasteiger partial charge in [-0.1, -0.05) is 18.2 Å². The lowest BCUT2D eigenvalue weighted by molar-refractivity contribution is 0.614. The van der Waals surface area contributed by atoms with Crippen molar-refractivity contribution in [2.45, 2.75) is 13.0 Å². The van der Waals surface area contributed by atoms with Crippen LogP contribution in [0.25, 0.3) is 5.69 Å². The van der Waals surface area contributed by atoms with Gasteiger partial charge in [-0.3, -0.25) is 0 Å². The first-order chi connectivity index (χ1) is 12.3. The Morgan fingerprint density at radius 1 is 1.20 bits per heavy atom. The van der Waals surface area contributed by atoms with Crippen LogP contribution in [0.2, 0.25) is 0 Å². The molecular weight excluding hydrogens is 355 g/mol. The van der Waals surface area contributed by atoms with E-state index in [0.29, 0.717) is 18.5 Å². The molecule has 0 amide bonds. The number of halogens is 1. The molecule has 0 bridgehead atoms. The average Bonchev–Trinajstić information content (AvgIpc) is 3.37. The third-order valence-corrected chi connectivity index (χ3v) is 5.61. The maximum Gasteiger partial charge on any atom is 0.183 e. The molecule has 3 aromatic heterocycles. The summed E-state index contributed by atoms with van der Waals surface area (Å²) in [5, 5.41) is 6.29. The fraction of sp³-hybridized carbons (Fsp3) is 0.111. The molecule has 4 rings (SSSR count). The molecule has 0 aliphatic rings. The minimum absolute atomic E-state index is 0.170. The van der Waals surface area contributed by atoms with Crippen LogP contribution in [0.1, 0.15) is 15.3 Å². The first-order valence-electron chi connectivity index (χ1n) is 7.75. The van der Waals surface area contributed by atoms with Crippen molar-refractivity contribution in [2.24, 2.45) is 0 Å². The zero-order valence-electron chi connectivity index (χ0n) is 13.2. The average molecular weight is 370 g/mol. The minimum Gasteiger partial charge on any atom is -0.357 e. The first-order valence-corrected chi connectivity index (χ1v) is 9.45. The second kappa shape index (κ2) is 7.16. The Hall–Kier alpha value is -2.51. The maximum absolute atomic E-state index is 13.7. The van der Waals surface area contributed by atoms with Crippen LogP contribution in [-0.2, 0) is 13.0 Å². The second-order valence-corrected chi connectivity index (χ2v) is 7.61. The summed E-state index contributed by atoms with van der Waals surface area (Å²) in [7, 11) is 0. The van der Waals surface area contributed by atoms with Gasteiger partial charge in [0.15, 0.2) is 5.13 Å². The molecule has 4 aromatic rings. The van der Waals surface area contributed by atoms with Gasteiger partial charge in [-0.2, -0.15) is 0 Å². The topological polar surface area (TPSA) is 42.7 Å². The molecule has 0 saturated heterocycles. The molecule has 126 valence electrons. The fourth-order valence-corrected chi connectivity index (χ4v) is 4.11. The molecule has 0 atom stereocenters. The van der Waals surface area contributed by atoms with Crippen molar-refractivity contribution in [3.05, 3.63) is 81.8 Å². The fourth-order valence-electron chi connectivity index (χ4n) is 2.47. The maximum atomic E-state index is 13.7. The Morgan fingerprint density at radius 3 is 2.96 bits per heavy atom. The van der Waals surface area contributed by atoms with Crippen LogP contribution in [0, 0.1) is 5.82 Å². The van der Waals surface area contributed by atoms with Crippen molar-refractivity contribution in [3.8, 4) is 5.69 Å². The van der Waals surface area contributed by atoms with Gasteiger partial charge in [-0.15, -0.1) is 22.7 Å². The van der Waals surface area contributed by atoms with Crippen LogP contribution < -0.4 is 5.32 Å². The Bertz CT molecular complexity index is 959. The summed E-state index contributed by atoms with van der Waals surface area (Å²) in [4.78, 5) is 10.7. The van der Waals surface area contributed by atoms with E-state index in [2.05, 4.69) is 26.7 Å². The number of imidazole rings is 1. The molecule has 1 aromatic carbocycles. The molecule has 0 fully saturated rings. The summed E-state index contributed by atoms with van der Waals surface area (Å²) in [6.45, 7) is 0.714. The number of nitrogens with one attached hydrogen (secondary N) is 1. The number of hydrogen-bond acceptors (Lipinski definition) is 5. The van der Waals surface area contributed by atoms with E-state index in [0.717, 1.165) is 15.7 Å². The van der Waals surface area contributed by atoms with Crippen molar-refractivity contribution >= 4 is 27.8 Å². The van der Waals surface area contributed by atoms with E-state index in [4.69, 9.17) is 0 Å². The Morgan fingerprint density at radius 2 is 2.12 bits per heavy atom. The van der Waals surface area contributed by atoms with E-state index in [1.165, 1.54) is 10.9 Å². The summed E-state index contributed by atoms with van der Waals surface area (Å²) >= 11 is 3.26. The normalized spacial score (nSPS) is 10.9. The third-order valence-electron chi connectivity index (χ3n) is 3.73. The molecule has 1 N–H and O–H groups in total. The van der Waals surface area contributed by atoms with Crippen LogP contribution in [0.15, 0.2) is 60.6 Å². The molecule has 0 unspecified atom stereocenters. The number of thiophene rings is 1. The molecule has 0 aliphatic heterocycles. The Kier molecular flexibility index (Phi) is 4.58. The van der Waals surface area contributed by atoms with E-state index >= 15 is 0 Å². The van der Waals surface area contributed by atoms with Gasteiger partial charge in [0.25, 0.3) is 0 Å². The lowest BCUT2D eigenvalue weighted by Crippen LogP contribution is -1.96. The molecule has 0 spiro atoms. The van der Waals surface area contributed by atoms with Gasteiger partial charge in [0, 0.05) is 40.1 Å². The largest absolute Gasteiger partial charge is 0.357 e. The molecular formula is C18H15FN4S2. The van der Waals surface area contributed by atoms with Crippen LogP contribution in [0.4, 0.5) is 9.52 Å². The van der Waals surface area contributed by atoms with Crippen molar-refractivity contribution in [1.29, 1.82) is 0 Å². The zero-order valence-corrected chi connectivity index (χ0v) is 14.9. The summed E-state index contributed by atoms with van der Waals surface area (Å²) in [6.07, 6.45) is 7.85. The molecule has 0 aliphatic carbocycles. The first kappa shape index (κ1) is 16.0. The van der Waals surface area contributed by atoms with E-state index in [1.54, 1.807) is 41.3 Å². The van der Waals surface area contributed by atoms with Gasteiger partial charge in [0.2, 0.25) is 0 Å². The zero-order chi connectivity index (χ0) is 17.1. The monoisotopic (exact) mass is 370 g/mol. The lowest BCUT2D eigenvalue weighted by atomic mass is 10.1. The quantitative estimate of drug-likeness (QED) is 0.533. The number of nitrogens with zero attached hydrogens (tertiary/aromatic N) is 3. The second-order valence-electron chi connectivity index (χ2n) is 5.49. The van der Waals surface area contributed by atoms with Crippen LogP contribution in [0.3, 0.4) is 0 Å². The number of anilines is 1. The number of rotatable bonds is 6. The number of thiazole rings is 1. The smallest absolute Gasteiger partial charge is 0.183 e. The van der Waals surface area contributed by atoms with E-state index in [1.807, 2.05) is 29.1 Å². The molecule has 3 heterocycles. The highest BCUT2D eigenvalue weighted by Gasteiger charge is 2.07. The highest BCUT2D eigenvalue weighted by molar-refractivity contribution is 7.15. The molecule has 7 heteroatoms. The Labute approximate surface area is 152 Å².